The Bertz CT molecular complexity index is 823. The minimum atomic E-state index is -0.771. The maximum Gasteiger partial charge on any atom is 0.322 e. The molecule has 0 aliphatic heterocycles. The van der Waals surface area contributed by atoms with Crippen molar-refractivity contribution in [1.29, 1.82) is 0 Å². The molecule has 0 saturated carbocycles. The fourth-order valence-electron chi connectivity index (χ4n) is 3.59. The smallest absolute Gasteiger partial charge is 0.320 e. The maximum absolute atomic E-state index is 14.0. The van der Waals surface area contributed by atoms with E-state index in [-0.39, 0.29) is 11.7 Å². The molecule has 0 spiro atoms. The molecule has 1 N–H and O–H groups in total. The quantitative estimate of drug-likeness (QED) is 0.312. The van der Waals surface area contributed by atoms with Gasteiger partial charge < -0.3 is 10.2 Å². The molecule has 0 fully saturated rings. The van der Waals surface area contributed by atoms with Gasteiger partial charge in [0.25, 0.3) is 0 Å². The third-order valence-corrected chi connectivity index (χ3v) is 6.01. The lowest BCUT2D eigenvalue weighted by Crippen LogP contribution is -2.35. The molecule has 2 rings (SSSR count). The monoisotopic (exact) mass is 444 g/mol. The summed E-state index contributed by atoms with van der Waals surface area (Å²) in [6, 6.07) is 11.2. The number of anilines is 1. The third-order valence-electron chi connectivity index (χ3n) is 6.01. The van der Waals surface area contributed by atoms with Crippen molar-refractivity contribution in [3.05, 3.63) is 65.2 Å². The van der Waals surface area contributed by atoms with Crippen LogP contribution in [0.4, 0.5) is 19.3 Å². The van der Waals surface area contributed by atoms with Crippen molar-refractivity contribution in [1.82, 2.24) is 4.90 Å². The van der Waals surface area contributed by atoms with Gasteiger partial charge in [-0.2, -0.15) is 0 Å². The van der Waals surface area contributed by atoms with E-state index in [1.807, 2.05) is 0 Å². The largest absolute Gasteiger partial charge is 0.322 e. The number of aryl methyl sites for hydroxylation is 1. The van der Waals surface area contributed by atoms with Crippen LogP contribution in [-0.4, -0.2) is 17.5 Å². The zero-order valence-electron chi connectivity index (χ0n) is 19.8. The fourth-order valence-corrected chi connectivity index (χ4v) is 3.59. The van der Waals surface area contributed by atoms with Crippen LogP contribution in [0.25, 0.3) is 0 Å². The van der Waals surface area contributed by atoms with Crippen molar-refractivity contribution in [3.63, 3.8) is 0 Å². The van der Waals surface area contributed by atoms with Gasteiger partial charge in [-0.3, -0.25) is 0 Å². The summed E-state index contributed by atoms with van der Waals surface area (Å²) in [6.07, 6.45) is 8.86. The number of rotatable bonds is 13. The lowest BCUT2D eigenvalue weighted by atomic mass is 9.98. The zero-order valence-corrected chi connectivity index (χ0v) is 19.8. The molecule has 0 heterocycles. The van der Waals surface area contributed by atoms with Crippen LogP contribution in [-0.2, 0) is 13.0 Å². The van der Waals surface area contributed by atoms with Gasteiger partial charge in [0.1, 0.15) is 11.6 Å². The molecular formula is C27H38F2N2O. The maximum atomic E-state index is 14.0. The number of nitrogens with one attached hydrogen (secondary N) is 1. The van der Waals surface area contributed by atoms with Crippen molar-refractivity contribution in [3.8, 4) is 0 Å². The van der Waals surface area contributed by atoms with E-state index >= 15 is 0 Å². The highest BCUT2D eigenvalue weighted by atomic mass is 19.1. The van der Waals surface area contributed by atoms with Crippen molar-refractivity contribution in [2.24, 2.45) is 5.92 Å². The number of nitrogens with zero attached hydrogens (tertiary/aromatic N) is 1. The summed E-state index contributed by atoms with van der Waals surface area (Å²) >= 11 is 0. The average Bonchev–Trinajstić information content (AvgIpc) is 2.79. The van der Waals surface area contributed by atoms with E-state index in [1.165, 1.54) is 30.9 Å². The molecule has 0 saturated heterocycles. The van der Waals surface area contributed by atoms with Crippen molar-refractivity contribution in [2.75, 3.05) is 11.9 Å². The SMILES string of the molecule is CCCCCCCN(Cc1ccc(CCC(C)CC)cc1)C(=O)Nc1ccc(F)cc1F. The van der Waals surface area contributed by atoms with Crippen molar-refractivity contribution in [2.45, 2.75) is 78.7 Å². The Balaban J connectivity index is 2.02. The first-order valence-electron chi connectivity index (χ1n) is 12.0. The number of carbonyl (C=O) groups excluding carboxylic acids is 1. The predicted molar refractivity (Wildman–Crippen MR) is 129 cm³/mol. The summed E-state index contributed by atoms with van der Waals surface area (Å²) in [7, 11) is 0. The summed E-state index contributed by atoms with van der Waals surface area (Å²) in [4.78, 5) is 14.6. The number of benzene rings is 2. The number of halogens is 2. The Morgan fingerprint density at radius 1 is 0.969 bits per heavy atom. The van der Waals surface area contributed by atoms with E-state index in [0.717, 1.165) is 49.8 Å². The summed E-state index contributed by atoms with van der Waals surface area (Å²) in [5.74, 6) is -0.720. The second-order valence-corrected chi connectivity index (χ2v) is 8.76. The van der Waals surface area contributed by atoms with E-state index < -0.39 is 11.6 Å². The Morgan fingerprint density at radius 2 is 1.66 bits per heavy atom. The first kappa shape index (κ1) is 25.8. The highest BCUT2D eigenvalue weighted by molar-refractivity contribution is 5.89. The number of hydrogen-bond acceptors (Lipinski definition) is 1. The van der Waals surface area contributed by atoms with Gasteiger partial charge in [-0.05, 0) is 48.4 Å². The second kappa shape index (κ2) is 13.9. The number of unbranched alkanes of at least 4 members (excludes halogenated alkanes) is 4. The molecule has 0 bridgehead atoms. The van der Waals surface area contributed by atoms with Crippen LogP contribution in [0, 0.1) is 17.6 Å². The van der Waals surface area contributed by atoms with Gasteiger partial charge >= 0.3 is 6.03 Å². The van der Waals surface area contributed by atoms with Gasteiger partial charge in [0.05, 0.1) is 5.69 Å². The molecule has 0 aliphatic rings. The second-order valence-electron chi connectivity index (χ2n) is 8.76. The molecule has 1 atom stereocenters. The summed E-state index contributed by atoms with van der Waals surface area (Å²) in [6.45, 7) is 7.70. The van der Waals surface area contributed by atoms with E-state index in [4.69, 9.17) is 0 Å². The molecule has 5 heteroatoms. The topological polar surface area (TPSA) is 32.3 Å². The van der Waals surface area contributed by atoms with E-state index in [9.17, 15) is 13.6 Å². The molecule has 176 valence electrons. The molecule has 2 amide bonds. The molecule has 0 radical (unpaired) electrons. The Labute approximate surface area is 192 Å². The minimum Gasteiger partial charge on any atom is -0.320 e. The zero-order chi connectivity index (χ0) is 23.3. The molecule has 3 nitrogen and oxygen atoms in total. The van der Waals surface area contributed by atoms with Gasteiger partial charge in [0, 0.05) is 19.2 Å². The van der Waals surface area contributed by atoms with Crippen LogP contribution in [0.2, 0.25) is 0 Å². The predicted octanol–water partition coefficient (Wildman–Crippen LogP) is 7.95. The number of urea groups is 1. The lowest BCUT2D eigenvalue weighted by Gasteiger charge is -2.24. The van der Waals surface area contributed by atoms with Gasteiger partial charge in [0.15, 0.2) is 0 Å². The van der Waals surface area contributed by atoms with Crippen LogP contribution < -0.4 is 5.32 Å². The molecule has 0 aromatic heterocycles. The highest BCUT2D eigenvalue weighted by Crippen LogP contribution is 2.18. The number of hydrogen-bond donors (Lipinski definition) is 1. The Morgan fingerprint density at radius 3 is 2.31 bits per heavy atom. The summed E-state index contributed by atoms with van der Waals surface area (Å²) < 4.78 is 27.2. The van der Waals surface area contributed by atoms with Crippen LogP contribution >= 0.6 is 0 Å². The summed E-state index contributed by atoms with van der Waals surface area (Å²) in [5, 5.41) is 2.61. The standard InChI is InChI=1S/C27H38F2N2O/c1-4-6-7-8-9-18-31(27(32)30-26-17-16-24(28)19-25(26)29)20-23-14-12-22(13-15-23)11-10-21(3)5-2/h12-17,19,21H,4-11,18,20H2,1-3H3,(H,30,32). The normalized spacial score (nSPS) is 11.9. The van der Waals surface area contributed by atoms with Gasteiger partial charge in [-0.1, -0.05) is 77.1 Å². The van der Waals surface area contributed by atoms with Crippen LogP contribution in [0.3, 0.4) is 0 Å². The highest BCUT2D eigenvalue weighted by Gasteiger charge is 2.16. The molecule has 2 aromatic carbocycles. The van der Waals surface area contributed by atoms with Crippen LogP contribution in [0.15, 0.2) is 42.5 Å². The Hall–Kier alpha value is -2.43. The third kappa shape index (κ3) is 8.97. The Kier molecular flexibility index (Phi) is 11.2. The van der Waals surface area contributed by atoms with E-state index in [0.29, 0.717) is 19.0 Å². The molecular weight excluding hydrogens is 406 g/mol. The molecule has 2 aromatic rings. The molecule has 0 aliphatic carbocycles. The fraction of sp³-hybridized carbons (Fsp3) is 0.519. The van der Waals surface area contributed by atoms with E-state index in [2.05, 4.69) is 50.4 Å². The lowest BCUT2D eigenvalue weighted by molar-refractivity contribution is 0.207. The van der Waals surface area contributed by atoms with Crippen LogP contribution in [0.1, 0.15) is 76.8 Å². The average molecular weight is 445 g/mol. The first-order valence-corrected chi connectivity index (χ1v) is 12.0. The molecule has 32 heavy (non-hydrogen) atoms. The van der Waals surface area contributed by atoms with Crippen molar-refractivity contribution >= 4 is 11.7 Å². The van der Waals surface area contributed by atoms with Gasteiger partial charge in [-0.15, -0.1) is 0 Å². The van der Waals surface area contributed by atoms with Gasteiger partial charge in [0.2, 0.25) is 0 Å². The van der Waals surface area contributed by atoms with Crippen molar-refractivity contribution < 1.29 is 13.6 Å². The summed E-state index contributed by atoms with van der Waals surface area (Å²) in [5.41, 5.74) is 2.34. The minimum absolute atomic E-state index is 0.00669. The van der Waals surface area contributed by atoms with E-state index in [1.54, 1.807) is 4.90 Å². The van der Waals surface area contributed by atoms with Gasteiger partial charge in [-0.25, -0.2) is 13.6 Å². The molecule has 1 unspecified atom stereocenters. The first-order chi connectivity index (χ1) is 15.4. The van der Waals surface area contributed by atoms with Crippen LogP contribution in [0.5, 0.6) is 0 Å². The number of amides is 2. The number of carbonyl (C=O) groups is 1.